The summed E-state index contributed by atoms with van der Waals surface area (Å²) in [4.78, 5) is 12.4. The average molecular weight is 349 g/mol. The van der Waals surface area contributed by atoms with Crippen LogP contribution in [0.4, 0.5) is 4.79 Å². The van der Waals surface area contributed by atoms with Crippen LogP contribution in [0.15, 0.2) is 54.7 Å². The minimum Gasteiger partial charge on any atom is -0.338 e. The summed E-state index contributed by atoms with van der Waals surface area (Å²) < 4.78 is 1.95. The van der Waals surface area contributed by atoms with E-state index in [0.717, 1.165) is 11.5 Å². The van der Waals surface area contributed by atoms with E-state index in [9.17, 15) is 4.79 Å². The van der Waals surface area contributed by atoms with E-state index in [1.807, 2.05) is 47.0 Å². The van der Waals surface area contributed by atoms with Crippen LogP contribution in [-0.4, -0.2) is 27.2 Å². The van der Waals surface area contributed by atoms with E-state index in [-0.39, 0.29) is 12.1 Å². The number of pyridine rings is 1. The van der Waals surface area contributed by atoms with Crippen molar-refractivity contribution in [2.75, 3.05) is 6.54 Å². The van der Waals surface area contributed by atoms with Crippen LogP contribution >= 0.6 is 0 Å². The van der Waals surface area contributed by atoms with E-state index >= 15 is 0 Å². The van der Waals surface area contributed by atoms with E-state index < -0.39 is 0 Å². The fourth-order valence-electron chi connectivity index (χ4n) is 3.45. The molecule has 1 unspecified atom stereocenters. The summed E-state index contributed by atoms with van der Waals surface area (Å²) in [6.45, 7) is 0.522. The van der Waals surface area contributed by atoms with Crippen LogP contribution in [0, 0.1) is 5.92 Å². The zero-order valence-corrected chi connectivity index (χ0v) is 14.6. The third kappa shape index (κ3) is 3.54. The Morgan fingerprint density at radius 3 is 2.69 bits per heavy atom. The summed E-state index contributed by atoms with van der Waals surface area (Å²) in [6, 6.07) is 16.0. The maximum Gasteiger partial charge on any atom is 0.315 e. The lowest BCUT2D eigenvalue weighted by Crippen LogP contribution is -2.42. The predicted octanol–water partition coefficient (Wildman–Crippen LogP) is 3.11. The summed E-state index contributed by atoms with van der Waals surface area (Å²) in [5.41, 5.74) is 2.00. The minimum atomic E-state index is -0.125. The molecule has 2 N–H and O–H groups in total. The summed E-state index contributed by atoms with van der Waals surface area (Å²) in [6.07, 6.45) is 6.17. The maximum atomic E-state index is 12.4. The zero-order valence-electron chi connectivity index (χ0n) is 14.6. The minimum absolute atomic E-state index is 0.0823. The predicted molar refractivity (Wildman–Crippen MR) is 99.7 cm³/mol. The molecular formula is C20H23N5O. The fourth-order valence-corrected chi connectivity index (χ4v) is 3.45. The molecule has 4 rings (SSSR count). The number of fused-ring (bicyclic) bond motifs is 1. The topological polar surface area (TPSA) is 71.3 Å². The monoisotopic (exact) mass is 349 g/mol. The molecule has 0 bridgehead atoms. The summed E-state index contributed by atoms with van der Waals surface area (Å²) >= 11 is 0. The Morgan fingerprint density at radius 2 is 1.92 bits per heavy atom. The number of rotatable bonds is 6. The first-order chi connectivity index (χ1) is 12.8. The van der Waals surface area contributed by atoms with Crippen molar-refractivity contribution in [2.24, 2.45) is 5.92 Å². The van der Waals surface area contributed by atoms with Crippen molar-refractivity contribution in [1.29, 1.82) is 0 Å². The van der Waals surface area contributed by atoms with E-state index in [0.29, 0.717) is 18.9 Å². The molecule has 2 amide bonds. The molecule has 134 valence electrons. The maximum absolute atomic E-state index is 12.4. The van der Waals surface area contributed by atoms with Crippen LogP contribution < -0.4 is 10.6 Å². The number of amides is 2. The second kappa shape index (κ2) is 7.56. The van der Waals surface area contributed by atoms with E-state index in [2.05, 4.69) is 33.0 Å². The van der Waals surface area contributed by atoms with Crippen molar-refractivity contribution in [3.63, 3.8) is 0 Å². The van der Waals surface area contributed by atoms with Gasteiger partial charge >= 0.3 is 6.03 Å². The second-order valence-electron chi connectivity index (χ2n) is 6.77. The van der Waals surface area contributed by atoms with E-state index in [1.165, 1.54) is 24.8 Å². The third-order valence-corrected chi connectivity index (χ3v) is 5.09. The largest absolute Gasteiger partial charge is 0.338 e. The molecule has 26 heavy (non-hydrogen) atoms. The van der Waals surface area contributed by atoms with Gasteiger partial charge in [-0.25, -0.2) is 4.79 Å². The highest BCUT2D eigenvalue weighted by Crippen LogP contribution is 2.37. The molecule has 6 nitrogen and oxygen atoms in total. The van der Waals surface area contributed by atoms with Crippen LogP contribution in [0.2, 0.25) is 0 Å². The van der Waals surface area contributed by atoms with Gasteiger partial charge in [0.2, 0.25) is 0 Å². The molecule has 0 aliphatic heterocycles. The standard InChI is InChI=1S/C20H23N5O/c26-20(21-13-12-18-24-23-17-11-4-5-14-25(17)18)22-19(16-9-6-10-16)15-7-2-1-3-8-15/h1-5,7-8,11,14,16,19H,6,9-10,12-13H2,(H2,21,22,26). The first-order valence-electron chi connectivity index (χ1n) is 9.19. The molecule has 2 heterocycles. The molecule has 2 aromatic heterocycles. The van der Waals surface area contributed by atoms with Gasteiger partial charge in [0.1, 0.15) is 5.82 Å². The van der Waals surface area contributed by atoms with E-state index in [1.54, 1.807) is 0 Å². The number of carbonyl (C=O) groups is 1. The lowest BCUT2D eigenvalue weighted by Gasteiger charge is -2.34. The number of nitrogens with one attached hydrogen (secondary N) is 2. The van der Waals surface area contributed by atoms with Gasteiger partial charge in [0.05, 0.1) is 6.04 Å². The van der Waals surface area contributed by atoms with Crippen molar-refractivity contribution in [1.82, 2.24) is 25.2 Å². The Morgan fingerprint density at radius 1 is 1.12 bits per heavy atom. The van der Waals surface area contributed by atoms with Gasteiger partial charge in [-0.2, -0.15) is 0 Å². The summed E-state index contributed by atoms with van der Waals surface area (Å²) in [5.74, 6) is 1.38. The zero-order chi connectivity index (χ0) is 17.8. The highest BCUT2D eigenvalue weighted by molar-refractivity contribution is 5.74. The highest BCUT2D eigenvalue weighted by atomic mass is 16.2. The first-order valence-corrected chi connectivity index (χ1v) is 9.19. The lowest BCUT2D eigenvalue weighted by atomic mass is 9.77. The van der Waals surface area contributed by atoms with Gasteiger partial charge in [-0.1, -0.05) is 42.8 Å². The van der Waals surface area contributed by atoms with Crippen LogP contribution in [0.5, 0.6) is 0 Å². The molecule has 1 fully saturated rings. The van der Waals surface area contributed by atoms with Crippen LogP contribution in [-0.2, 0) is 6.42 Å². The van der Waals surface area contributed by atoms with Crippen LogP contribution in [0.3, 0.4) is 0 Å². The van der Waals surface area contributed by atoms with Crippen molar-refractivity contribution in [3.05, 3.63) is 66.1 Å². The molecule has 1 aliphatic carbocycles. The van der Waals surface area contributed by atoms with Gasteiger partial charge in [0, 0.05) is 19.2 Å². The number of hydrogen-bond acceptors (Lipinski definition) is 3. The molecule has 1 atom stereocenters. The van der Waals surface area contributed by atoms with Gasteiger partial charge in [-0.3, -0.25) is 4.40 Å². The summed E-state index contributed by atoms with van der Waals surface area (Å²) in [7, 11) is 0. The number of carbonyl (C=O) groups excluding carboxylic acids is 1. The van der Waals surface area contributed by atoms with Gasteiger partial charge in [0.15, 0.2) is 5.65 Å². The number of nitrogens with zero attached hydrogens (tertiary/aromatic N) is 3. The Bertz CT molecular complexity index is 872. The van der Waals surface area contributed by atoms with Gasteiger partial charge in [-0.05, 0) is 36.5 Å². The van der Waals surface area contributed by atoms with Crippen molar-refractivity contribution < 1.29 is 4.79 Å². The molecular weight excluding hydrogens is 326 g/mol. The quantitative estimate of drug-likeness (QED) is 0.718. The molecule has 0 spiro atoms. The van der Waals surface area contributed by atoms with Crippen LogP contribution in [0.1, 0.15) is 36.7 Å². The molecule has 1 aliphatic rings. The first kappa shape index (κ1) is 16.6. The van der Waals surface area contributed by atoms with Crippen molar-refractivity contribution >= 4 is 11.7 Å². The third-order valence-electron chi connectivity index (χ3n) is 5.09. The second-order valence-corrected chi connectivity index (χ2v) is 6.77. The van der Waals surface area contributed by atoms with Crippen molar-refractivity contribution in [3.8, 4) is 0 Å². The Labute approximate surface area is 152 Å². The average Bonchev–Trinajstić information content (AvgIpc) is 3.04. The molecule has 0 saturated heterocycles. The number of benzene rings is 1. The smallest absolute Gasteiger partial charge is 0.315 e. The van der Waals surface area contributed by atoms with Crippen molar-refractivity contribution in [2.45, 2.75) is 31.7 Å². The molecule has 6 heteroatoms. The number of aromatic nitrogens is 3. The number of hydrogen-bond donors (Lipinski definition) is 2. The van der Waals surface area contributed by atoms with Gasteiger partial charge < -0.3 is 10.6 Å². The molecule has 3 aromatic rings. The van der Waals surface area contributed by atoms with E-state index in [4.69, 9.17) is 0 Å². The SMILES string of the molecule is O=C(NCCc1nnc2ccccn12)NC(c1ccccc1)C1CCC1. The number of urea groups is 1. The van der Waals surface area contributed by atoms with Crippen LogP contribution in [0.25, 0.3) is 5.65 Å². The Kier molecular flexibility index (Phi) is 4.82. The Hall–Kier alpha value is -2.89. The Balaban J connectivity index is 1.34. The highest BCUT2D eigenvalue weighted by Gasteiger charge is 2.29. The molecule has 1 saturated carbocycles. The molecule has 1 aromatic carbocycles. The lowest BCUT2D eigenvalue weighted by molar-refractivity contribution is 0.208. The summed E-state index contributed by atoms with van der Waals surface area (Å²) in [5, 5.41) is 14.4. The van der Waals surface area contributed by atoms with Gasteiger partial charge in [0.25, 0.3) is 0 Å². The molecule has 0 radical (unpaired) electrons. The fraction of sp³-hybridized carbons (Fsp3) is 0.350. The normalized spacial score (nSPS) is 15.4. The van der Waals surface area contributed by atoms with Gasteiger partial charge in [-0.15, -0.1) is 10.2 Å².